The highest BCUT2D eigenvalue weighted by Crippen LogP contribution is 2.32. The van der Waals surface area contributed by atoms with E-state index in [1.165, 1.54) is 11.8 Å². The van der Waals surface area contributed by atoms with Crippen LogP contribution < -0.4 is 0 Å². The van der Waals surface area contributed by atoms with Gasteiger partial charge in [-0.15, -0.1) is 10.2 Å². The number of aromatic nitrogens is 4. The van der Waals surface area contributed by atoms with Gasteiger partial charge in [0.05, 0.1) is 6.42 Å². The van der Waals surface area contributed by atoms with Gasteiger partial charge in [-0.25, -0.2) is 4.98 Å². The average Bonchev–Trinajstić information content (AvgIpc) is 3.13. The SMILES string of the molecule is Cn1cnnc1Sc1nc(-c2ccc(Cl)cc2)c(CCC(=O)O)o1. The topological polar surface area (TPSA) is 94.0 Å². The van der Waals surface area contributed by atoms with E-state index in [9.17, 15) is 4.79 Å². The Labute approximate surface area is 146 Å². The summed E-state index contributed by atoms with van der Waals surface area (Å²) in [5.41, 5.74) is 1.42. The van der Waals surface area contributed by atoms with E-state index in [4.69, 9.17) is 21.1 Å². The second kappa shape index (κ2) is 7.06. The monoisotopic (exact) mass is 364 g/mol. The Morgan fingerprint density at radius 3 is 2.75 bits per heavy atom. The number of carbonyl (C=O) groups is 1. The van der Waals surface area contributed by atoms with Gasteiger partial charge in [0.25, 0.3) is 5.22 Å². The van der Waals surface area contributed by atoms with Crippen molar-refractivity contribution in [1.82, 2.24) is 19.7 Å². The number of benzene rings is 1. The Bertz CT molecular complexity index is 860. The maximum atomic E-state index is 10.9. The molecule has 0 spiro atoms. The third kappa shape index (κ3) is 3.77. The molecule has 0 aliphatic carbocycles. The molecule has 124 valence electrons. The van der Waals surface area contributed by atoms with E-state index in [2.05, 4.69) is 15.2 Å². The Hall–Kier alpha value is -2.32. The molecule has 3 aromatic rings. The molecular weight excluding hydrogens is 352 g/mol. The van der Waals surface area contributed by atoms with Crippen molar-refractivity contribution in [1.29, 1.82) is 0 Å². The van der Waals surface area contributed by atoms with E-state index in [0.29, 0.717) is 26.9 Å². The van der Waals surface area contributed by atoms with E-state index in [0.717, 1.165) is 5.56 Å². The maximum absolute atomic E-state index is 10.9. The molecule has 9 heteroatoms. The van der Waals surface area contributed by atoms with Crippen LogP contribution in [-0.4, -0.2) is 30.8 Å². The Morgan fingerprint density at radius 1 is 1.38 bits per heavy atom. The van der Waals surface area contributed by atoms with Crippen LogP contribution in [0.1, 0.15) is 12.2 Å². The van der Waals surface area contributed by atoms with Crippen molar-refractivity contribution >= 4 is 29.3 Å². The highest BCUT2D eigenvalue weighted by molar-refractivity contribution is 7.99. The lowest BCUT2D eigenvalue weighted by Gasteiger charge is -2.00. The third-order valence-corrected chi connectivity index (χ3v) is 4.36. The first-order chi connectivity index (χ1) is 11.5. The highest BCUT2D eigenvalue weighted by Gasteiger charge is 2.18. The fourth-order valence-corrected chi connectivity index (χ4v) is 2.88. The van der Waals surface area contributed by atoms with Crippen molar-refractivity contribution in [2.75, 3.05) is 0 Å². The van der Waals surface area contributed by atoms with Crippen LogP contribution in [0.3, 0.4) is 0 Å². The van der Waals surface area contributed by atoms with Crippen LogP contribution in [0.25, 0.3) is 11.3 Å². The van der Waals surface area contributed by atoms with E-state index >= 15 is 0 Å². The molecule has 2 aromatic heterocycles. The summed E-state index contributed by atoms with van der Waals surface area (Å²) < 4.78 is 7.50. The molecule has 2 heterocycles. The molecule has 1 N–H and O–H groups in total. The van der Waals surface area contributed by atoms with Gasteiger partial charge in [0, 0.05) is 35.8 Å². The smallest absolute Gasteiger partial charge is 0.303 e. The Balaban J connectivity index is 1.93. The van der Waals surface area contributed by atoms with Crippen molar-refractivity contribution in [2.24, 2.45) is 7.05 Å². The molecule has 0 saturated heterocycles. The number of carboxylic acid groups (broad SMARTS) is 1. The largest absolute Gasteiger partial charge is 0.481 e. The molecule has 1 aromatic carbocycles. The van der Waals surface area contributed by atoms with E-state index < -0.39 is 5.97 Å². The number of halogens is 1. The molecule has 3 rings (SSSR count). The maximum Gasteiger partial charge on any atom is 0.303 e. The van der Waals surface area contributed by atoms with Gasteiger partial charge in [-0.3, -0.25) is 4.79 Å². The van der Waals surface area contributed by atoms with Crippen molar-refractivity contribution in [3.8, 4) is 11.3 Å². The van der Waals surface area contributed by atoms with Crippen LogP contribution in [0, 0.1) is 0 Å². The number of nitrogens with zero attached hydrogens (tertiary/aromatic N) is 4. The third-order valence-electron chi connectivity index (χ3n) is 3.21. The zero-order valence-electron chi connectivity index (χ0n) is 12.6. The predicted molar refractivity (Wildman–Crippen MR) is 88.0 cm³/mol. The summed E-state index contributed by atoms with van der Waals surface area (Å²) in [4.78, 5) is 15.3. The fourth-order valence-electron chi connectivity index (χ4n) is 2.04. The molecule has 0 bridgehead atoms. The molecule has 0 aliphatic heterocycles. The lowest BCUT2D eigenvalue weighted by atomic mass is 10.1. The van der Waals surface area contributed by atoms with Crippen LogP contribution in [0.2, 0.25) is 5.02 Å². The van der Waals surface area contributed by atoms with Gasteiger partial charge in [0.2, 0.25) is 0 Å². The lowest BCUT2D eigenvalue weighted by molar-refractivity contribution is -0.137. The molecule has 24 heavy (non-hydrogen) atoms. The molecule has 0 atom stereocenters. The number of hydrogen-bond acceptors (Lipinski definition) is 6. The first-order valence-electron chi connectivity index (χ1n) is 7.02. The first-order valence-corrected chi connectivity index (χ1v) is 8.21. The predicted octanol–water partition coefficient (Wildman–Crippen LogP) is 3.29. The summed E-state index contributed by atoms with van der Waals surface area (Å²) >= 11 is 7.14. The van der Waals surface area contributed by atoms with Gasteiger partial charge in [-0.2, -0.15) is 0 Å². The van der Waals surface area contributed by atoms with Crippen LogP contribution in [0.15, 0.2) is 45.4 Å². The van der Waals surface area contributed by atoms with E-state index in [-0.39, 0.29) is 12.8 Å². The van der Waals surface area contributed by atoms with Gasteiger partial charge in [-0.1, -0.05) is 23.7 Å². The van der Waals surface area contributed by atoms with Crippen molar-refractivity contribution in [2.45, 2.75) is 23.2 Å². The summed E-state index contributed by atoms with van der Waals surface area (Å²) in [6, 6.07) is 7.15. The van der Waals surface area contributed by atoms with Crippen LogP contribution in [0.5, 0.6) is 0 Å². The quantitative estimate of drug-likeness (QED) is 0.717. The molecule has 0 aliphatic rings. The van der Waals surface area contributed by atoms with Gasteiger partial charge in [0.15, 0.2) is 5.16 Å². The zero-order chi connectivity index (χ0) is 17.1. The Morgan fingerprint density at radius 2 is 2.12 bits per heavy atom. The number of aliphatic carboxylic acids is 1. The zero-order valence-corrected chi connectivity index (χ0v) is 14.2. The summed E-state index contributed by atoms with van der Waals surface area (Å²) in [5.74, 6) is -0.375. The molecule has 0 fully saturated rings. The fraction of sp³-hybridized carbons (Fsp3) is 0.200. The highest BCUT2D eigenvalue weighted by atomic mass is 35.5. The summed E-state index contributed by atoms with van der Waals surface area (Å²) in [7, 11) is 1.82. The first kappa shape index (κ1) is 16.5. The molecule has 0 saturated carbocycles. The van der Waals surface area contributed by atoms with E-state index in [1.54, 1.807) is 23.0 Å². The molecule has 0 unspecified atom stereocenters. The van der Waals surface area contributed by atoms with Gasteiger partial charge >= 0.3 is 5.97 Å². The van der Waals surface area contributed by atoms with Gasteiger partial charge in [0.1, 0.15) is 17.8 Å². The summed E-state index contributed by atoms with van der Waals surface area (Å²) in [5, 5.41) is 18.3. The van der Waals surface area contributed by atoms with Crippen molar-refractivity contribution in [3.63, 3.8) is 0 Å². The normalized spacial score (nSPS) is 10.9. The molecule has 7 nitrogen and oxygen atoms in total. The number of aryl methyl sites for hydroxylation is 2. The molecule has 0 radical (unpaired) electrons. The van der Waals surface area contributed by atoms with Crippen LogP contribution >= 0.6 is 23.4 Å². The summed E-state index contributed by atoms with van der Waals surface area (Å²) in [6.45, 7) is 0. The van der Waals surface area contributed by atoms with Crippen molar-refractivity contribution in [3.05, 3.63) is 41.4 Å². The lowest BCUT2D eigenvalue weighted by Crippen LogP contribution is -1.97. The minimum atomic E-state index is -0.893. The minimum absolute atomic E-state index is 0.0378. The second-order valence-electron chi connectivity index (χ2n) is 4.98. The average molecular weight is 365 g/mol. The number of rotatable bonds is 6. The minimum Gasteiger partial charge on any atom is -0.481 e. The van der Waals surface area contributed by atoms with Crippen molar-refractivity contribution < 1.29 is 14.3 Å². The van der Waals surface area contributed by atoms with Gasteiger partial charge in [-0.05, 0) is 12.1 Å². The van der Waals surface area contributed by atoms with E-state index in [1.807, 2.05) is 19.2 Å². The van der Waals surface area contributed by atoms with Crippen LogP contribution in [0.4, 0.5) is 0 Å². The standard InChI is InChI=1S/C15H13ClN4O3S/c1-20-8-17-19-14(20)24-15-18-13(9-2-4-10(16)5-3-9)11(23-15)6-7-12(21)22/h2-5,8H,6-7H2,1H3,(H,21,22). The Kier molecular flexibility index (Phi) is 4.86. The van der Waals surface area contributed by atoms with Gasteiger partial charge < -0.3 is 14.1 Å². The summed E-state index contributed by atoms with van der Waals surface area (Å²) in [6.07, 6.45) is 1.79. The van der Waals surface area contributed by atoms with Crippen LogP contribution in [-0.2, 0) is 18.3 Å². The molecule has 0 amide bonds. The molecular formula is C15H13ClN4O3S. The number of carboxylic acids is 1. The number of hydrogen-bond donors (Lipinski definition) is 1. The second-order valence-corrected chi connectivity index (χ2v) is 6.33. The number of oxazole rings is 1.